The highest BCUT2D eigenvalue weighted by molar-refractivity contribution is 5.30. The average molecular weight is 406 g/mol. The molecule has 0 unspecified atom stereocenters. The lowest BCUT2D eigenvalue weighted by Gasteiger charge is -2.07. The van der Waals surface area contributed by atoms with Gasteiger partial charge in [0.25, 0.3) is 0 Å². The number of hydrogen-bond acceptors (Lipinski definition) is 5. The standard InChI is InChI=1S/C24H47N5/c1-3-5-7-8-9-10-11-12-13-14-15-16-17-18-19-20-22-27-23(25)29-24(28-22)26-21-6-4-2/h3-21H2,1-2H3,(H3,25,26,27,28,29). The van der Waals surface area contributed by atoms with E-state index in [0.29, 0.717) is 11.9 Å². The Balaban J connectivity index is 1.94. The van der Waals surface area contributed by atoms with Gasteiger partial charge in [-0.3, -0.25) is 0 Å². The van der Waals surface area contributed by atoms with Crippen molar-refractivity contribution in [2.45, 2.75) is 129 Å². The van der Waals surface area contributed by atoms with Gasteiger partial charge in [0.2, 0.25) is 11.9 Å². The number of aryl methyl sites for hydroxylation is 1. The lowest BCUT2D eigenvalue weighted by Crippen LogP contribution is -2.10. The maximum atomic E-state index is 5.82. The Bertz CT molecular complexity index is 492. The van der Waals surface area contributed by atoms with Crippen LogP contribution in [-0.2, 0) is 6.42 Å². The molecular formula is C24H47N5. The summed E-state index contributed by atoms with van der Waals surface area (Å²) in [4.78, 5) is 12.9. The minimum absolute atomic E-state index is 0.329. The first-order valence-corrected chi connectivity index (χ1v) is 12.5. The monoisotopic (exact) mass is 405 g/mol. The van der Waals surface area contributed by atoms with Gasteiger partial charge >= 0.3 is 0 Å². The summed E-state index contributed by atoms with van der Waals surface area (Å²) in [5.74, 6) is 1.78. The van der Waals surface area contributed by atoms with E-state index >= 15 is 0 Å². The smallest absolute Gasteiger partial charge is 0.227 e. The summed E-state index contributed by atoms with van der Waals surface area (Å²) in [6.07, 6.45) is 23.9. The summed E-state index contributed by atoms with van der Waals surface area (Å²) in [7, 11) is 0. The summed E-state index contributed by atoms with van der Waals surface area (Å²) in [6.45, 7) is 5.35. The zero-order chi connectivity index (χ0) is 21.0. The number of unbranched alkanes of at least 4 members (excludes halogenated alkanes) is 15. The summed E-state index contributed by atoms with van der Waals surface area (Å²) < 4.78 is 0. The summed E-state index contributed by atoms with van der Waals surface area (Å²) >= 11 is 0. The molecule has 5 heteroatoms. The van der Waals surface area contributed by atoms with Crippen LogP contribution in [0.1, 0.15) is 129 Å². The zero-order valence-corrected chi connectivity index (χ0v) is 19.4. The van der Waals surface area contributed by atoms with Gasteiger partial charge in [-0.05, 0) is 12.8 Å². The van der Waals surface area contributed by atoms with Gasteiger partial charge in [-0.25, -0.2) is 0 Å². The number of aromatic nitrogens is 3. The molecule has 168 valence electrons. The number of nitrogens with one attached hydrogen (secondary N) is 1. The van der Waals surface area contributed by atoms with Crippen molar-refractivity contribution in [3.63, 3.8) is 0 Å². The molecule has 0 amide bonds. The maximum Gasteiger partial charge on any atom is 0.227 e. The van der Waals surface area contributed by atoms with E-state index in [1.54, 1.807) is 0 Å². The minimum Gasteiger partial charge on any atom is -0.368 e. The van der Waals surface area contributed by atoms with Crippen molar-refractivity contribution in [2.75, 3.05) is 17.6 Å². The molecule has 0 aliphatic rings. The largest absolute Gasteiger partial charge is 0.368 e. The highest BCUT2D eigenvalue weighted by Crippen LogP contribution is 2.14. The number of hydrogen-bond donors (Lipinski definition) is 2. The van der Waals surface area contributed by atoms with Crippen LogP contribution in [0.25, 0.3) is 0 Å². The predicted octanol–water partition coefficient (Wildman–Crippen LogP) is 7.08. The Morgan fingerprint density at radius 2 is 1.07 bits per heavy atom. The van der Waals surface area contributed by atoms with Gasteiger partial charge in [-0.15, -0.1) is 0 Å². The Morgan fingerprint density at radius 1 is 0.586 bits per heavy atom. The number of nitrogen functional groups attached to an aromatic ring is 1. The van der Waals surface area contributed by atoms with Crippen LogP contribution in [0, 0.1) is 0 Å². The van der Waals surface area contributed by atoms with Gasteiger partial charge in [0.15, 0.2) is 0 Å². The fourth-order valence-corrected chi connectivity index (χ4v) is 3.66. The van der Waals surface area contributed by atoms with Gasteiger partial charge in [0, 0.05) is 13.0 Å². The van der Waals surface area contributed by atoms with Gasteiger partial charge in [0.05, 0.1) is 0 Å². The predicted molar refractivity (Wildman–Crippen MR) is 126 cm³/mol. The van der Waals surface area contributed by atoms with Crippen LogP contribution >= 0.6 is 0 Å². The number of nitrogens with zero attached hydrogens (tertiary/aromatic N) is 3. The van der Waals surface area contributed by atoms with Crippen molar-refractivity contribution in [3.8, 4) is 0 Å². The van der Waals surface area contributed by atoms with E-state index in [0.717, 1.165) is 38.1 Å². The minimum atomic E-state index is 0.329. The van der Waals surface area contributed by atoms with Crippen LogP contribution in [0.2, 0.25) is 0 Å². The lowest BCUT2D eigenvalue weighted by atomic mass is 10.0. The van der Waals surface area contributed by atoms with Gasteiger partial charge in [-0.1, -0.05) is 110 Å². The Hall–Kier alpha value is -1.39. The Labute approximate surface area is 180 Å². The van der Waals surface area contributed by atoms with E-state index in [9.17, 15) is 0 Å². The molecule has 1 heterocycles. The molecule has 0 atom stereocenters. The molecule has 0 bridgehead atoms. The van der Waals surface area contributed by atoms with E-state index in [1.165, 1.54) is 89.9 Å². The van der Waals surface area contributed by atoms with Gasteiger partial charge in [-0.2, -0.15) is 15.0 Å². The lowest BCUT2D eigenvalue weighted by molar-refractivity contribution is 0.531. The molecule has 0 fully saturated rings. The normalized spacial score (nSPS) is 11.1. The molecule has 0 spiro atoms. The third-order valence-corrected chi connectivity index (χ3v) is 5.52. The van der Waals surface area contributed by atoms with Crippen molar-refractivity contribution < 1.29 is 0 Å². The molecule has 3 N–H and O–H groups in total. The fourth-order valence-electron chi connectivity index (χ4n) is 3.66. The molecular weight excluding hydrogens is 358 g/mol. The molecule has 1 rings (SSSR count). The van der Waals surface area contributed by atoms with E-state index in [1.807, 2.05) is 0 Å². The molecule has 5 nitrogen and oxygen atoms in total. The summed E-state index contributed by atoms with van der Waals surface area (Å²) in [5, 5.41) is 3.24. The molecule has 0 saturated carbocycles. The van der Waals surface area contributed by atoms with E-state index in [-0.39, 0.29) is 0 Å². The second kappa shape index (κ2) is 18.6. The van der Waals surface area contributed by atoms with Gasteiger partial charge in [0.1, 0.15) is 5.82 Å². The first-order valence-electron chi connectivity index (χ1n) is 12.5. The number of anilines is 2. The topological polar surface area (TPSA) is 76.7 Å². The van der Waals surface area contributed by atoms with Crippen molar-refractivity contribution in [1.29, 1.82) is 0 Å². The molecule has 0 aromatic carbocycles. The summed E-state index contributed by atoms with van der Waals surface area (Å²) in [6, 6.07) is 0. The van der Waals surface area contributed by atoms with E-state index in [2.05, 4.69) is 34.1 Å². The van der Waals surface area contributed by atoms with Crippen LogP contribution in [0.15, 0.2) is 0 Å². The third-order valence-electron chi connectivity index (χ3n) is 5.52. The van der Waals surface area contributed by atoms with Crippen LogP contribution < -0.4 is 11.1 Å². The Morgan fingerprint density at radius 3 is 1.59 bits per heavy atom. The van der Waals surface area contributed by atoms with Crippen molar-refractivity contribution >= 4 is 11.9 Å². The molecule has 0 aliphatic carbocycles. The maximum absolute atomic E-state index is 5.82. The molecule has 0 saturated heterocycles. The highest BCUT2D eigenvalue weighted by Gasteiger charge is 2.04. The first kappa shape index (κ1) is 25.6. The van der Waals surface area contributed by atoms with Crippen molar-refractivity contribution in [2.24, 2.45) is 0 Å². The molecule has 1 aromatic heterocycles. The summed E-state index contributed by atoms with van der Waals surface area (Å²) in [5.41, 5.74) is 5.82. The second-order valence-corrected chi connectivity index (χ2v) is 8.41. The molecule has 29 heavy (non-hydrogen) atoms. The van der Waals surface area contributed by atoms with Crippen LogP contribution in [0.4, 0.5) is 11.9 Å². The molecule has 0 aliphatic heterocycles. The van der Waals surface area contributed by atoms with Crippen LogP contribution in [0.5, 0.6) is 0 Å². The average Bonchev–Trinajstić information content (AvgIpc) is 2.71. The van der Waals surface area contributed by atoms with Gasteiger partial charge < -0.3 is 11.1 Å². The van der Waals surface area contributed by atoms with Crippen molar-refractivity contribution in [1.82, 2.24) is 15.0 Å². The SMILES string of the molecule is CCCCCCCCCCCCCCCCCc1nc(N)nc(NCCCC)n1. The zero-order valence-electron chi connectivity index (χ0n) is 19.4. The van der Waals surface area contributed by atoms with Crippen molar-refractivity contribution in [3.05, 3.63) is 5.82 Å². The van der Waals surface area contributed by atoms with E-state index < -0.39 is 0 Å². The highest BCUT2D eigenvalue weighted by atomic mass is 15.2. The van der Waals surface area contributed by atoms with Crippen LogP contribution in [0.3, 0.4) is 0 Å². The quantitative estimate of drug-likeness (QED) is 0.227. The second-order valence-electron chi connectivity index (χ2n) is 8.41. The van der Waals surface area contributed by atoms with E-state index in [4.69, 9.17) is 5.73 Å². The number of nitrogens with two attached hydrogens (primary N) is 1. The third kappa shape index (κ3) is 15.2. The fraction of sp³-hybridized carbons (Fsp3) is 0.875. The molecule has 0 radical (unpaired) electrons. The van der Waals surface area contributed by atoms with Crippen LogP contribution in [-0.4, -0.2) is 21.5 Å². The molecule has 1 aromatic rings. The number of rotatable bonds is 20. The Kier molecular flexibility index (Phi) is 16.5. The first-order chi connectivity index (χ1) is 14.3.